The van der Waals surface area contributed by atoms with E-state index in [1.54, 1.807) is 5.06 Å². The smallest absolute Gasteiger partial charge is 0.100 e. The van der Waals surface area contributed by atoms with Crippen molar-refractivity contribution < 1.29 is 4.84 Å². The quantitative estimate of drug-likeness (QED) is 0.914. The molecule has 2 aromatic rings. The molecule has 0 saturated carbocycles. The standard InChI is InChI=1S/C17H16N2O/c1-3-7-15(8-4-1)14-20-19-12-11-18-17(13-19)16-9-5-2-6-10-16/h1-13,18H,14H2. The normalized spacial score (nSPS) is 13.8. The van der Waals surface area contributed by atoms with Crippen LogP contribution in [0.3, 0.4) is 0 Å². The first-order valence-corrected chi connectivity index (χ1v) is 6.57. The maximum atomic E-state index is 5.75. The van der Waals surface area contributed by atoms with Crippen molar-refractivity contribution in [2.24, 2.45) is 0 Å². The van der Waals surface area contributed by atoms with Crippen LogP contribution in [-0.2, 0) is 11.4 Å². The molecule has 2 aromatic carbocycles. The second-order valence-electron chi connectivity index (χ2n) is 4.49. The van der Waals surface area contributed by atoms with Gasteiger partial charge in [0.15, 0.2) is 0 Å². The fourth-order valence-electron chi connectivity index (χ4n) is 1.99. The van der Waals surface area contributed by atoms with Gasteiger partial charge in [0.25, 0.3) is 0 Å². The van der Waals surface area contributed by atoms with Crippen molar-refractivity contribution in [3.05, 3.63) is 90.4 Å². The highest BCUT2D eigenvalue weighted by Gasteiger charge is 2.07. The summed E-state index contributed by atoms with van der Waals surface area (Å²) in [4.78, 5) is 5.75. The van der Waals surface area contributed by atoms with Gasteiger partial charge in [0.2, 0.25) is 0 Å². The van der Waals surface area contributed by atoms with Crippen molar-refractivity contribution in [1.82, 2.24) is 10.4 Å². The van der Waals surface area contributed by atoms with Crippen molar-refractivity contribution in [1.29, 1.82) is 0 Å². The van der Waals surface area contributed by atoms with Gasteiger partial charge in [0, 0.05) is 12.4 Å². The molecule has 0 unspecified atom stereocenters. The lowest BCUT2D eigenvalue weighted by molar-refractivity contribution is -0.0943. The van der Waals surface area contributed by atoms with Crippen LogP contribution in [0.1, 0.15) is 11.1 Å². The van der Waals surface area contributed by atoms with Gasteiger partial charge in [-0.2, -0.15) is 0 Å². The first-order chi connectivity index (χ1) is 9.92. The Hall–Kier alpha value is -2.52. The minimum atomic E-state index is 0.545. The highest BCUT2D eigenvalue weighted by Crippen LogP contribution is 2.16. The highest BCUT2D eigenvalue weighted by atomic mass is 16.7. The van der Waals surface area contributed by atoms with Gasteiger partial charge in [0.1, 0.15) is 6.61 Å². The van der Waals surface area contributed by atoms with Crippen LogP contribution in [0.2, 0.25) is 0 Å². The molecule has 20 heavy (non-hydrogen) atoms. The Labute approximate surface area is 118 Å². The SMILES string of the molecule is C1=CN(OCc2ccccc2)C=C(c2ccccc2)N1. The average molecular weight is 264 g/mol. The first-order valence-electron chi connectivity index (χ1n) is 6.57. The van der Waals surface area contributed by atoms with Crippen molar-refractivity contribution >= 4 is 5.70 Å². The Morgan fingerprint density at radius 2 is 1.60 bits per heavy atom. The van der Waals surface area contributed by atoms with Crippen LogP contribution >= 0.6 is 0 Å². The lowest BCUT2D eigenvalue weighted by atomic mass is 10.1. The second kappa shape index (κ2) is 6.08. The Balaban J connectivity index is 1.67. The molecule has 1 heterocycles. The number of nitrogens with one attached hydrogen (secondary N) is 1. The molecule has 100 valence electrons. The summed E-state index contributed by atoms with van der Waals surface area (Å²) in [5, 5.41) is 4.95. The summed E-state index contributed by atoms with van der Waals surface area (Å²) in [7, 11) is 0. The van der Waals surface area contributed by atoms with E-state index in [1.165, 1.54) is 0 Å². The van der Waals surface area contributed by atoms with Crippen molar-refractivity contribution in [2.75, 3.05) is 0 Å². The molecule has 3 rings (SSSR count). The summed E-state index contributed by atoms with van der Waals surface area (Å²) in [6, 6.07) is 20.3. The topological polar surface area (TPSA) is 24.5 Å². The minimum absolute atomic E-state index is 0.545. The molecule has 1 N–H and O–H groups in total. The lowest BCUT2D eigenvalue weighted by Crippen LogP contribution is -2.20. The van der Waals surface area contributed by atoms with E-state index in [1.807, 2.05) is 67.1 Å². The molecule has 0 aliphatic carbocycles. The van der Waals surface area contributed by atoms with Gasteiger partial charge >= 0.3 is 0 Å². The molecular formula is C17H16N2O. The molecular weight excluding hydrogens is 248 g/mol. The summed E-state index contributed by atoms with van der Waals surface area (Å²) in [6.07, 6.45) is 5.67. The maximum absolute atomic E-state index is 5.75. The van der Waals surface area contributed by atoms with E-state index < -0.39 is 0 Å². The highest BCUT2D eigenvalue weighted by molar-refractivity contribution is 5.65. The third-order valence-corrected chi connectivity index (χ3v) is 3.02. The van der Waals surface area contributed by atoms with Gasteiger partial charge in [-0.3, -0.25) is 4.84 Å². The Morgan fingerprint density at radius 3 is 2.35 bits per heavy atom. The van der Waals surface area contributed by atoms with Crippen LogP contribution in [-0.4, -0.2) is 5.06 Å². The van der Waals surface area contributed by atoms with E-state index in [9.17, 15) is 0 Å². The average Bonchev–Trinajstić information content (AvgIpc) is 2.55. The fraction of sp³-hybridized carbons (Fsp3) is 0.0588. The van der Waals surface area contributed by atoms with Crippen LogP contribution in [0.15, 0.2) is 79.3 Å². The summed E-state index contributed by atoms with van der Waals surface area (Å²) in [5.74, 6) is 0. The molecule has 0 saturated heterocycles. The molecule has 3 nitrogen and oxygen atoms in total. The third-order valence-electron chi connectivity index (χ3n) is 3.02. The first kappa shape index (κ1) is 12.5. The number of nitrogens with zero attached hydrogens (tertiary/aromatic N) is 1. The third kappa shape index (κ3) is 3.08. The predicted molar refractivity (Wildman–Crippen MR) is 79.8 cm³/mol. The molecule has 3 heteroatoms. The Morgan fingerprint density at radius 1 is 0.900 bits per heavy atom. The number of hydroxylamine groups is 2. The van der Waals surface area contributed by atoms with E-state index in [2.05, 4.69) is 17.4 Å². The fourth-order valence-corrected chi connectivity index (χ4v) is 1.99. The molecule has 0 amide bonds. The van der Waals surface area contributed by atoms with Crippen LogP contribution < -0.4 is 5.32 Å². The van der Waals surface area contributed by atoms with Crippen LogP contribution in [0.4, 0.5) is 0 Å². The van der Waals surface area contributed by atoms with Crippen molar-refractivity contribution in [3.63, 3.8) is 0 Å². The molecule has 1 aliphatic rings. The monoisotopic (exact) mass is 264 g/mol. The molecule has 0 aromatic heterocycles. The summed E-state index contributed by atoms with van der Waals surface area (Å²) in [5.41, 5.74) is 3.29. The second-order valence-corrected chi connectivity index (χ2v) is 4.49. The van der Waals surface area contributed by atoms with Gasteiger partial charge in [-0.15, -0.1) is 0 Å². The minimum Gasteiger partial charge on any atom is -0.358 e. The van der Waals surface area contributed by atoms with Crippen molar-refractivity contribution in [2.45, 2.75) is 6.61 Å². The van der Waals surface area contributed by atoms with Crippen LogP contribution in [0, 0.1) is 0 Å². The van der Waals surface area contributed by atoms with E-state index in [0.29, 0.717) is 6.61 Å². The van der Waals surface area contributed by atoms with E-state index in [-0.39, 0.29) is 0 Å². The molecule has 0 fully saturated rings. The molecule has 0 radical (unpaired) electrons. The zero-order chi connectivity index (χ0) is 13.6. The Bertz CT molecular complexity index is 605. The van der Waals surface area contributed by atoms with Crippen LogP contribution in [0.25, 0.3) is 5.70 Å². The van der Waals surface area contributed by atoms with E-state index in [0.717, 1.165) is 16.8 Å². The molecule has 0 spiro atoms. The maximum Gasteiger partial charge on any atom is 0.100 e. The largest absolute Gasteiger partial charge is 0.358 e. The van der Waals surface area contributed by atoms with Gasteiger partial charge in [-0.05, 0) is 11.1 Å². The van der Waals surface area contributed by atoms with Gasteiger partial charge < -0.3 is 5.32 Å². The zero-order valence-corrected chi connectivity index (χ0v) is 11.1. The number of rotatable bonds is 4. The summed E-state index contributed by atoms with van der Waals surface area (Å²) < 4.78 is 0. The van der Waals surface area contributed by atoms with E-state index in [4.69, 9.17) is 4.84 Å². The molecule has 0 atom stereocenters. The molecule has 1 aliphatic heterocycles. The van der Waals surface area contributed by atoms with Gasteiger partial charge in [0.05, 0.1) is 11.9 Å². The van der Waals surface area contributed by atoms with E-state index >= 15 is 0 Å². The molecule has 0 bridgehead atoms. The van der Waals surface area contributed by atoms with Crippen LogP contribution in [0.5, 0.6) is 0 Å². The van der Waals surface area contributed by atoms with Crippen molar-refractivity contribution in [3.8, 4) is 0 Å². The summed E-state index contributed by atoms with van der Waals surface area (Å²) in [6.45, 7) is 0.545. The predicted octanol–water partition coefficient (Wildman–Crippen LogP) is 3.49. The van der Waals surface area contributed by atoms with Gasteiger partial charge in [-0.25, -0.2) is 5.06 Å². The number of benzene rings is 2. The number of hydrogen-bond donors (Lipinski definition) is 1. The Kier molecular flexibility index (Phi) is 3.80. The summed E-state index contributed by atoms with van der Waals surface area (Å²) >= 11 is 0. The van der Waals surface area contributed by atoms with Gasteiger partial charge in [-0.1, -0.05) is 60.7 Å². The zero-order valence-electron chi connectivity index (χ0n) is 11.1. The lowest BCUT2D eigenvalue weighted by Gasteiger charge is -2.21. The number of hydrogen-bond acceptors (Lipinski definition) is 3.